The smallest absolute Gasteiger partial charge is 0.413 e. The average molecular weight is 1050 g/mol. The molecule has 1 aliphatic heterocycles. The molecular weight excluding hydrogens is 1030 g/mol. The molecule has 366 valence electrons. The first-order valence-electron chi connectivity index (χ1n) is 18.7. The fraction of sp³-hybridized carbons (Fsp3) is 0.122. The van der Waals surface area contributed by atoms with E-state index in [0.717, 1.165) is 84.9 Å². The van der Waals surface area contributed by atoms with Crippen molar-refractivity contribution < 1.29 is 97.4 Å². The van der Waals surface area contributed by atoms with Crippen LogP contribution < -0.4 is 27.1 Å². The van der Waals surface area contributed by atoms with Crippen molar-refractivity contribution in [1.29, 1.82) is 0 Å². The average Bonchev–Trinajstić information content (AvgIpc) is 3.23. The summed E-state index contributed by atoms with van der Waals surface area (Å²) >= 11 is 0. The maximum atomic E-state index is 15.7. The molecule has 1 heterocycles. The van der Waals surface area contributed by atoms with Gasteiger partial charge in [-0.2, -0.15) is 65.9 Å². The topological polar surface area (TPSA) is 92.5 Å². The van der Waals surface area contributed by atoms with Gasteiger partial charge in [0.2, 0.25) is 0 Å². The van der Waals surface area contributed by atoms with Gasteiger partial charge in [-0.25, -0.2) is 4.39 Å². The number of alkyl halides is 15. The van der Waals surface area contributed by atoms with Crippen LogP contribution in [0.15, 0.2) is 159 Å². The van der Waals surface area contributed by atoms with Crippen molar-refractivity contribution in [2.24, 2.45) is 13.5 Å². The summed E-state index contributed by atoms with van der Waals surface area (Å²) in [6.45, 7) is 0. The van der Waals surface area contributed by atoms with Crippen LogP contribution in [0.2, 0.25) is 0 Å². The van der Waals surface area contributed by atoms with Crippen molar-refractivity contribution >= 4 is 23.0 Å². The van der Waals surface area contributed by atoms with Crippen molar-refractivity contribution in [1.82, 2.24) is 0 Å². The molecule has 0 bridgehead atoms. The number of hydrogen-bond donors (Lipinski definition) is 0. The molecule has 6 aromatic rings. The third kappa shape index (κ3) is 12.5. The lowest BCUT2D eigenvalue weighted by Gasteiger charge is -2.33. The van der Waals surface area contributed by atoms with E-state index in [1.807, 2.05) is 0 Å². The molecular formula is C41H24F16N3O6P3. The second-order valence-corrected chi connectivity index (χ2v) is 20.0. The van der Waals surface area contributed by atoms with Gasteiger partial charge in [-0.3, -0.25) is 0 Å². The number of nitrogens with zero attached hydrogens (tertiary/aromatic N) is 3. The van der Waals surface area contributed by atoms with Crippen molar-refractivity contribution in [3.8, 4) is 34.5 Å². The first-order chi connectivity index (χ1) is 32.0. The largest absolute Gasteiger partial charge is 0.460 e. The van der Waals surface area contributed by atoms with E-state index in [2.05, 4.69) is 13.5 Å². The molecule has 0 aliphatic carbocycles. The first-order valence-corrected chi connectivity index (χ1v) is 23.3. The minimum absolute atomic E-state index is 0.279. The molecule has 1 unspecified atom stereocenters. The van der Waals surface area contributed by atoms with Crippen LogP contribution in [0.1, 0.15) is 27.8 Å². The van der Waals surface area contributed by atoms with Gasteiger partial charge in [-0.1, -0.05) is 56.0 Å². The van der Waals surface area contributed by atoms with Crippen molar-refractivity contribution in [2.45, 2.75) is 30.9 Å². The van der Waals surface area contributed by atoms with Gasteiger partial charge >= 0.3 is 53.9 Å². The number of halogens is 16. The van der Waals surface area contributed by atoms with Gasteiger partial charge in [-0.05, 0) is 103 Å². The van der Waals surface area contributed by atoms with Crippen LogP contribution in [0.4, 0.5) is 70.2 Å². The molecule has 9 nitrogen and oxygen atoms in total. The molecule has 1 aliphatic rings. The second-order valence-electron chi connectivity index (χ2n) is 13.8. The van der Waals surface area contributed by atoms with E-state index in [1.165, 1.54) is 0 Å². The second kappa shape index (κ2) is 18.5. The molecule has 69 heavy (non-hydrogen) atoms. The number of para-hydroxylation sites is 1. The number of benzene rings is 6. The predicted molar refractivity (Wildman–Crippen MR) is 215 cm³/mol. The van der Waals surface area contributed by atoms with E-state index >= 15 is 4.39 Å². The third-order valence-electron chi connectivity index (χ3n) is 8.66. The molecule has 0 fully saturated rings. The fourth-order valence-corrected chi connectivity index (χ4v) is 14.8. The quantitative estimate of drug-likeness (QED) is 0.0895. The van der Waals surface area contributed by atoms with Crippen molar-refractivity contribution in [2.75, 3.05) is 0 Å². The Morgan fingerprint density at radius 1 is 0.290 bits per heavy atom. The summed E-state index contributed by atoms with van der Waals surface area (Å²) in [4.78, 5) is 0. The minimum Gasteiger partial charge on any atom is -0.413 e. The summed E-state index contributed by atoms with van der Waals surface area (Å²) in [6, 6.07) is 15.5. The minimum atomic E-state index is -5.69. The monoisotopic (exact) mass is 1050 g/mol. The molecule has 6 aromatic carbocycles. The molecule has 7 rings (SSSR count). The fourth-order valence-electron chi connectivity index (χ4n) is 5.74. The summed E-state index contributed by atoms with van der Waals surface area (Å²) in [5.74, 6) is -7.15. The lowest BCUT2D eigenvalue weighted by atomic mass is 10.2. The van der Waals surface area contributed by atoms with E-state index in [-0.39, 0.29) is 24.3 Å². The Morgan fingerprint density at radius 2 is 0.522 bits per heavy atom. The highest BCUT2D eigenvalue weighted by Crippen LogP contribution is 2.79. The first kappa shape index (κ1) is 50.6. The zero-order valence-electron chi connectivity index (χ0n) is 33.5. The van der Waals surface area contributed by atoms with Crippen LogP contribution in [-0.2, 0) is 30.9 Å². The zero-order valence-corrected chi connectivity index (χ0v) is 36.2. The van der Waals surface area contributed by atoms with E-state index in [9.17, 15) is 65.9 Å². The maximum Gasteiger partial charge on any atom is 0.460 e. The molecule has 0 aromatic heterocycles. The standard InChI is InChI=1S/C41H24F16N3O6P3/c42-35-18-1-2-19-36(35)66-69(65-34-17-7-12-29(24-34)41(55,56)57)59-67(61-30-13-3-8-25(20-30)37(43,44)45,62-31-14-4-9-26(21-31)38(46,47)48)58-68(60-69,63-32-15-5-10-27(22-32)39(49,50)51)64-33-16-6-11-28(23-33)40(52,53)54/h1-24H. The highest BCUT2D eigenvalue weighted by atomic mass is 31.3. The lowest BCUT2D eigenvalue weighted by Crippen LogP contribution is -2.13. The van der Waals surface area contributed by atoms with E-state index < -0.39 is 122 Å². The van der Waals surface area contributed by atoms with Crippen molar-refractivity contribution in [3.63, 3.8) is 0 Å². The van der Waals surface area contributed by atoms with E-state index in [4.69, 9.17) is 27.1 Å². The Kier molecular flexibility index (Phi) is 13.6. The van der Waals surface area contributed by atoms with Gasteiger partial charge in [0.1, 0.15) is 28.7 Å². The summed E-state index contributed by atoms with van der Waals surface area (Å²) in [7, 11) is -17.0. The van der Waals surface area contributed by atoms with Gasteiger partial charge in [0.05, 0.1) is 27.8 Å². The van der Waals surface area contributed by atoms with Gasteiger partial charge in [0, 0.05) is 0 Å². The van der Waals surface area contributed by atoms with Crippen LogP contribution in [0, 0.1) is 5.82 Å². The Labute approximate surface area is 378 Å². The molecule has 0 N–H and O–H groups in total. The van der Waals surface area contributed by atoms with Gasteiger partial charge in [0.25, 0.3) is 0 Å². The molecule has 1 atom stereocenters. The van der Waals surface area contributed by atoms with E-state index in [1.54, 1.807) is 0 Å². The predicted octanol–water partition coefficient (Wildman–Crippen LogP) is 17.5. The lowest BCUT2D eigenvalue weighted by molar-refractivity contribution is -0.138. The molecule has 0 radical (unpaired) electrons. The maximum absolute atomic E-state index is 15.7. The molecule has 0 saturated heterocycles. The third-order valence-corrected chi connectivity index (χ3v) is 16.8. The summed E-state index contributed by atoms with van der Waals surface area (Å²) in [5.41, 5.74) is -7.32. The van der Waals surface area contributed by atoms with Crippen LogP contribution in [0.25, 0.3) is 0 Å². The van der Waals surface area contributed by atoms with Gasteiger partial charge < -0.3 is 27.1 Å². The van der Waals surface area contributed by atoms with Crippen LogP contribution >= 0.6 is 23.0 Å². The zero-order chi connectivity index (χ0) is 50.3. The molecule has 0 saturated carbocycles. The van der Waals surface area contributed by atoms with Gasteiger partial charge in [-0.15, -0.1) is 0 Å². The Bertz CT molecular complexity index is 2800. The molecule has 0 spiro atoms. The van der Waals surface area contributed by atoms with E-state index in [0.29, 0.717) is 36.4 Å². The van der Waals surface area contributed by atoms with Crippen LogP contribution in [0.3, 0.4) is 0 Å². The molecule has 0 amide bonds. The van der Waals surface area contributed by atoms with Crippen molar-refractivity contribution in [3.05, 3.63) is 179 Å². The van der Waals surface area contributed by atoms with Crippen LogP contribution in [-0.4, -0.2) is 0 Å². The SMILES string of the molecule is Fc1ccccc1OP1(Oc2cccc(C(F)(F)F)c2)=NP(Oc2cccc(C(F)(F)F)c2)(Oc2cccc(C(F)(F)F)c2)=NP(Oc2cccc(C(F)(F)F)c2)(Oc2cccc(C(F)(F)F)c2)=N1. The summed E-state index contributed by atoms with van der Waals surface area (Å²) < 4.78 is 276. The highest BCUT2D eigenvalue weighted by Gasteiger charge is 2.50. The highest BCUT2D eigenvalue weighted by molar-refractivity contribution is 7.79. The summed E-state index contributed by atoms with van der Waals surface area (Å²) in [6.07, 6.45) is -25.8. The number of hydrogen-bond acceptors (Lipinski definition) is 9. The van der Waals surface area contributed by atoms with Crippen LogP contribution in [0.5, 0.6) is 34.5 Å². The Hall–Kier alpha value is -6.31. The Balaban J connectivity index is 1.66. The Morgan fingerprint density at radius 3 is 0.754 bits per heavy atom. The summed E-state index contributed by atoms with van der Waals surface area (Å²) in [5, 5.41) is 0. The number of rotatable bonds is 12. The normalized spacial score (nSPS) is 17.0. The molecule has 28 heteroatoms. The van der Waals surface area contributed by atoms with Gasteiger partial charge in [0.15, 0.2) is 11.6 Å².